The monoisotopic (exact) mass is 366 g/mol. The van der Waals surface area contributed by atoms with Crippen LogP contribution in [-0.2, 0) is 6.54 Å². The summed E-state index contributed by atoms with van der Waals surface area (Å²) >= 11 is 1.67. The third-order valence-corrected chi connectivity index (χ3v) is 5.12. The van der Waals surface area contributed by atoms with E-state index in [1.807, 2.05) is 23.8 Å². The number of rotatable bonds is 5. The fourth-order valence-corrected chi connectivity index (χ4v) is 3.80. The summed E-state index contributed by atoms with van der Waals surface area (Å²) in [6.07, 6.45) is 8.69. The van der Waals surface area contributed by atoms with Crippen LogP contribution in [0.4, 0.5) is 5.82 Å². The molecule has 0 spiro atoms. The van der Waals surface area contributed by atoms with Gasteiger partial charge < -0.3 is 5.32 Å². The molecule has 1 aliphatic heterocycles. The van der Waals surface area contributed by atoms with Crippen molar-refractivity contribution in [3.8, 4) is 0 Å². The SMILES string of the molecule is O=C(Nc1cnccn1)c1cccc([C@H]2CCCN2Cc2cncs2)n1. The molecule has 3 aromatic rings. The fraction of sp³-hybridized carbons (Fsp3) is 0.278. The number of hydrogen-bond acceptors (Lipinski definition) is 7. The molecule has 3 aromatic heterocycles. The highest BCUT2D eigenvalue weighted by Gasteiger charge is 2.28. The number of carbonyl (C=O) groups is 1. The maximum atomic E-state index is 12.5. The van der Waals surface area contributed by atoms with E-state index >= 15 is 0 Å². The van der Waals surface area contributed by atoms with E-state index in [-0.39, 0.29) is 11.9 Å². The Bertz CT molecular complexity index is 870. The van der Waals surface area contributed by atoms with Crippen molar-refractivity contribution in [2.45, 2.75) is 25.4 Å². The molecule has 1 N–H and O–H groups in total. The lowest BCUT2D eigenvalue weighted by Crippen LogP contribution is -2.24. The highest BCUT2D eigenvalue weighted by atomic mass is 32.1. The van der Waals surface area contributed by atoms with Gasteiger partial charge in [-0.2, -0.15) is 0 Å². The number of carbonyl (C=O) groups excluding carboxylic acids is 1. The number of thiazole rings is 1. The van der Waals surface area contributed by atoms with Gasteiger partial charge in [0, 0.05) is 30.0 Å². The van der Waals surface area contributed by atoms with Crippen molar-refractivity contribution in [3.63, 3.8) is 0 Å². The molecule has 1 atom stereocenters. The zero-order valence-electron chi connectivity index (χ0n) is 14.1. The van der Waals surface area contributed by atoms with Crippen LogP contribution in [0.2, 0.25) is 0 Å². The molecule has 1 amide bonds. The van der Waals surface area contributed by atoms with Gasteiger partial charge in [-0.3, -0.25) is 19.7 Å². The number of hydrogen-bond donors (Lipinski definition) is 1. The number of aromatic nitrogens is 4. The number of pyridine rings is 1. The summed E-state index contributed by atoms with van der Waals surface area (Å²) in [6.45, 7) is 1.90. The summed E-state index contributed by atoms with van der Waals surface area (Å²) in [7, 11) is 0. The van der Waals surface area contributed by atoms with Gasteiger partial charge in [0.05, 0.1) is 23.4 Å². The molecule has 4 rings (SSSR count). The van der Waals surface area contributed by atoms with E-state index in [9.17, 15) is 4.79 Å². The van der Waals surface area contributed by atoms with E-state index in [0.29, 0.717) is 11.5 Å². The van der Waals surface area contributed by atoms with E-state index in [4.69, 9.17) is 0 Å². The molecule has 1 aliphatic rings. The largest absolute Gasteiger partial charge is 0.304 e. The van der Waals surface area contributed by atoms with Crippen molar-refractivity contribution < 1.29 is 4.79 Å². The minimum absolute atomic E-state index is 0.223. The molecule has 26 heavy (non-hydrogen) atoms. The van der Waals surface area contributed by atoms with Crippen LogP contribution in [0.15, 0.2) is 48.5 Å². The second-order valence-electron chi connectivity index (χ2n) is 6.09. The molecule has 8 heteroatoms. The first kappa shape index (κ1) is 16.7. The molecule has 0 radical (unpaired) electrons. The Kier molecular flexibility index (Phi) is 4.94. The number of amides is 1. The maximum Gasteiger partial charge on any atom is 0.275 e. The van der Waals surface area contributed by atoms with Crippen LogP contribution in [0.1, 0.15) is 39.9 Å². The molecule has 132 valence electrons. The second kappa shape index (κ2) is 7.67. The fourth-order valence-electron chi connectivity index (χ4n) is 3.18. The normalized spacial score (nSPS) is 17.3. The standard InChI is InChI=1S/C18H18N6OS/c25-18(23-17-10-19-6-7-21-17)15-4-1-3-14(22-15)16-5-2-8-24(16)11-13-9-20-12-26-13/h1,3-4,6-7,9-10,12,16H,2,5,8,11H2,(H,21,23,25)/t16-/m1/s1. The first-order valence-electron chi connectivity index (χ1n) is 8.45. The van der Waals surface area contributed by atoms with E-state index in [2.05, 4.69) is 30.2 Å². The summed E-state index contributed by atoms with van der Waals surface area (Å²) in [5.41, 5.74) is 3.17. The molecule has 4 heterocycles. The van der Waals surface area contributed by atoms with Gasteiger partial charge in [-0.1, -0.05) is 6.07 Å². The Labute approximate surface area is 155 Å². The minimum atomic E-state index is -0.278. The Morgan fingerprint density at radius 3 is 3.04 bits per heavy atom. The van der Waals surface area contributed by atoms with Crippen molar-refractivity contribution in [1.29, 1.82) is 0 Å². The first-order valence-corrected chi connectivity index (χ1v) is 9.33. The molecule has 0 aliphatic carbocycles. The molecule has 0 bridgehead atoms. The van der Waals surface area contributed by atoms with Crippen molar-refractivity contribution >= 4 is 23.1 Å². The van der Waals surface area contributed by atoms with Gasteiger partial charge >= 0.3 is 0 Å². The van der Waals surface area contributed by atoms with Gasteiger partial charge in [-0.05, 0) is 31.5 Å². The van der Waals surface area contributed by atoms with Crippen molar-refractivity contribution in [3.05, 3.63) is 64.8 Å². The van der Waals surface area contributed by atoms with Gasteiger partial charge in [0.1, 0.15) is 5.69 Å². The molecule has 1 fully saturated rings. The zero-order chi connectivity index (χ0) is 17.8. The highest BCUT2D eigenvalue weighted by molar-refractivity contribution is 7.09. The van der Waals surface area contributed by atoms with Gasteiger partial charge in [-0.25, -0.2) is 9.97 Å². The van der Waals surface area contributed by atoms with Crippen molar-refractivity contribution in [2.24, 2.45) is 0 Å². The van der Waals surface area contributed by atoms with Crippen LogP contribution in [0.3, 0.4) is 0 Å². The Hall–Kier alpha value is -2.71. The maximum absolute atomic E-state index is 12.5. The van der Waals surface area contributed by atoms with Crippen LogP contribution in [0.25, 0.3) is 0 Å². The lowest BCUT2D eigenvalue weighted by molar-refractivity contribution is 0.102. The van der Waals surface area contributed by atoms with Gasteiger partial charge in [0.25, 0.3) is 5.91 Å². The summed E-state index contributed by atoms with van der Waals surface area (Å²) in [5, 5.41) is 2.73. The third kappa shape index (κ3) is 3.76. The van der Waals surface area contributed by atoms with Gasteiger partial charge in [0.15, 0.2) is 5.82 Å². The minimum Gasteiger partial charge on any atom is -0.304 e. The van der Waals surface area contributed by atoms with Gasteiger partial charge in [0.2, 0.25) is 0 Å². The Balaban J connectivity index is 1.50. The second-order valence-corrected chi connectivity index (χ2v) is 7.06. The van der Waals surface area contributed by atoms with E-state index < -0.39 is 0 Å². The van der Waals surface area contributed by atoms with Crippen molar-refractivity contribution in [2.75, 3.05) is 11.9 Å². The van der Waals surface area contributed by atoms with Crippen LogP contribution in [0, 0.1) is 0 Å². The summed E-state index contributed by atoms with van der Waals surface area (Å²) in [5.74, 6) is 0.136. The smallest absolute Gasteiger partial charge is 0.275 e. The Morgan fingerprint density at radius 1 is 1.27 bits per heavy atom. The van der Waals surface area contributed by atoms with E-state index in [0.717, 1.165) is 31.6 Å². The number of nitrogens with one attached hydrogen (secondary N) is 1. The lowest BCUT2D eigenvalue weighted by atomic mass is 10.1. The van der Waals surface area contributed by atoms with E-state index in [1.54, 1.807) is 23.6 Å². The topological polar surface area (TPSA) is 83.9 Å². The highest BCUT2D eigenvalue weighted by Crippen LogP contribution is 2.32. The van der Waals surface area contributed by atoms with E-state index in [1.165, 1.54) is 17.3 Å². The third-order valence-electron chi connectivity index (χ3n) is 4.36. The molecule has 0 saturated carbocycles. The number of likely N-dealkylation sites (tertiary alicyclic amines) is 1. The Morgan fingerprint density at radius 2 is 2.23 bits per heavy atom. The van der Waals surface area contributed by atoms with Crippen LogP contribution < -0.4 is 5.32 Å². The molecule has 1 saturated heterocycles. The predicted octanol–water partition coefficient (Wildman–Crippen LogP) is 2.92. The molecule has 7 nitrogen and oxygen atoms in total. The molecular weight excluding hydrogens is 348 g/mol. The number of nitrogens with zero attached hydrogens (tertiary/aromatic N) is 5. The van der Waals surface area contributed by atoms with Crippen molar-refractivity contribution in [1.82, 2.24) is 24.8 Å². The average Bonchev–Trinajstić information content (AvgIpc) is 3.35. The van der Waals surface area contributed by atoms with Crippen LogP contribution in [-0.4, -0.2) is 37.3 Å². The molecular formula is C18H18N6OS. The lowest BCUT2D eigenvalue weighted by Gasteiger charge is -2.23. The molecule has 0 unspecified atom stereocenters. The number of anilines is 1. The molecule has 0 aromatic carbocycles. The summed E-state index contributed by atoms with van der Waals surface area (Å²) < 4.78 is 0. The average molecular weight is 366 g/mol. The summed E-state index contributed by atoms with van der Waals surface area (Å²) in [4.78, 5) is 32.9. The predicted molar refractivity (Wildman–Crippen MR) is 98.7 cm³/mol. The van der Waals surface area contributed by atoms with Gasteiger partial charge in [-0.15, -0.1) is 11.3 Å². The quantitative estimate of drug-likeness (QED) is 0.747. The zero-order valence-corrected chi connectivity index (χ0v) is 14.9. The first-order chi connectivity index (χ1) is 12.8. The van der Waals surface area contributed by atoms with Crippen LogP contribution >= 0.6 is 11.3 Å². The van der Waals surface area contributed by atoms with Crippen LogP contribution in [0.5, 0.6) is 0 Å². The summed E-state index contributed by atoms with van der Waals surface area (Å²) in [6, 6.07) is 5.82.